The molecule has 7 heteroatoms. The molecule has 0 saturated heterocycles. The number of hydrogen-bond donors (Lipinski definition) is 0. The number of carbonyl (C=O) groups excluding carboxylic acids is 1. The molecule has 0 amide bonds. The Morgan fingerprint density at radius 1 is 1.09 bits per heavy atom. The van der Waals surface area contributed by atoms with Crippen LogP contribution >= 0.6 is 11.3 Å². The van der Waals surface area contributed by atoms with Crippen molar-refractivity contribution >= 4 is 27.5 Å². The van der Waals surface area contributed by atoms with Gasteiger partial charge in [0, 0.05) is 19.2 Å². The van der Waals surface area contributed by atoms with Crippen LogP contribution in [-0.2, 0) is 17.7 Å². The number of carbonyl (C=O) groups is 1. The molecule has 3 aromatic heterocycles. The van der Waals surface area contributed by atoms with E-state index in [0.717, 1.165) is 37.1 Å². The fraction of sp³-hybridized carbons (Fsp3) is 0.280. The number of nitrogens with zero attached hydrogens (tertiary/aromatic N) is 3. The lowest BCUT2D eigenvalue weighted by Gasteiger charge is -2.17. The zero-order valence-electron chi connectivity index (χ0n) is 17.8. The molecule has 0 radical (unpaired) electrons. The van der Waals surface area contributed by atoms with E-state index in [4.69, 9.17) is 9.72 Å². The summed E-state index contributed by atoms with van der Waals surface area (Å²) in [7, 11) is 0. The Bertz CT molecular complexity index is 1290. The van der Waals surface area contributed by atoms with Crippen LogP contribution in [0.4, 0.5) is 0 Å². The molecule has 6 nitrogen and oxygen atoms in total. The molecule has 0 aliphatic carbocycles. The Morgan fingerprint density at radius 2 is 1.91 bits per heavy atom. The average Bonchev–Trinajstić information content (AvgIpc) is 2.99. The van der Waals surface area contributed by atoms with E-state index in [-0.39, 0.29) is 5.56 Å². The quantitative estimate of drug-likeness (QED) is 0.421. The molecule has 1 aliphatic rings. The molecule has 0 fully saturated rings. The summed E-state index contributed by atoms with van der Waals surface area (Å²) in [5.74, 6) is 0.349. The average molecular weight is 446 g/mol. The first kappa shape index (κ1) is 20.6. The monoisotopic (exact) mass is 445 g/mol. The summed E-state index contributed by atoms with van der Waals surface area (Å²) < 4.78 is 7.76. The van der Waals surface area contributed by atoms with Crippen LogP contribution in [0.2, 0.25) is 0 Å². The van der Waals surface area contributed by atoms with Gasteiger partial charge in [0.15, 0.2) is 6.10 Å². The highest BCUT2D eigenvalue weighted by atomic mass is 32.1. The van der Waals surface area contributed by atoms with Crippen molar-refractivity contribution in [2.24, 2.45) is 0 Å². The fourth-order valence-corrected chi connectivity index (χ4v) is 5.30. The van der Waals surface area contributed by atoms with E-state index in [1.807, 2.05) is 48.5 Å². The smallest absolute Gasteiger partial charge is 0.349 e. The number of benzene rings is 1. The highest BCUT2D eigenvalue weighted by Crippen LogP contribution is 2.32. The molecular formula is C25H23N3O3S. The standard InChI is InChI=1S/C25H23N3O3S/c1-16-20-23(27-19-13-6-3-9-15-28(19)24(20)29)32-22(16)25(30)31-21(17-10-4-2-5-11-17)18-12-7-8-14-26-18/h2,4-5,7-8,10-12,14,21H,3,6,9,13,15H2,1H3. The number of fused-ring (bicyclic) bond motifs is 2. The number of pyridine rings is 1. The number of aryl methyl sites for hydroxylation is 2. The Morgan fingerprint density at radius 3 is 2.69 bits per heavy atom. The Hall–Kier alpha value is -3.32. The van der Waals surface area contributed by atoms with Gasteiger partial charge in [-0.05, 0) is 43.0 Å². The maximum Gasteiger partial charge on any atom is 0.349 e. The topological polar surface area (TPSA) is 74.1 Å². The lowest BCUT2D eigenvalue weighted by atomic mass is 10.1. The first-order valence-corrected chi connectivity index (χ1v) is 11.6. The van der Waals surface area contributed by atoms with Crippen molar-refractivity contribution in [1.29, 1.82) is 0 Å². The van der Waals surface area contributed by atoms with Crippen LogP contribution in [0.3, 0.4) is 0 Å². The third-order valence-electron chi connectivity index (χ3n) is 5.88. The van der Waals surface area contributed by atoms with Gasteiger partial charge in [-0.15, -0.1) is 11.3 Å². The van der Waals surface area contributed by atoms with E-state index in [1.165, 1.54) is 11.3 Å². The van der Waals surface area contributed by atoms with Crippen molar-refractivity contribution < 1.29 is 9.53 Å². The van der Waals surface area contributed by atoms with E-state index in [1.54, 1.807) is 17.7 Å². The SMILES string of the molecule is Cc1c(C(=O)OC(c2ccccc2)c2ccccn2)sc2nc3n(c(=O)c12)CCCCC3. The predicted octanol–water partition coefficient (Wildman–Crippen LogP) is 4.83. The van der Waals surface area contributed by atoms with Crippen molar-refractivity contribution in [2.45, 2.75) is 45.3 Å². The van der Waals surface area contributed by atoms with E-state index in [9.17, 15) is 9.59 Å². The van der Waals surface area contributed by atoms with Crippen LogP contribution in [0.25, 0.3) is 10.2 Å². The molecule has 0 spiro atoms. The molecule has 1 aromatic carbocycles. The van der Waals surface area contributed by atoms with Gasteiger partial charge in [-0.1, -0.05) is 42.8 Å². The van der Waals surface area contributed by atoms with Crippen LogP contribution in [-0.4, -0.2) is 20.5 Å². The zero-order valence-corrected chi connectivity index (χ0v) is 18.6. The molecule has 4 heterocycles. The lowest BCUT2D eigenvalue weighted by molar-refractivity contribution is 0.0376. The fourth-order valence-electron chi connectivity index (χ4n) is 4.22. The first-order chi connectivity index (χ1) is 15.6. The second-order valence-electron chi connectivity index (χ2n) is 7.98. The molecule has 0 N–H and O–H groups in total. The molecule has 32 heavy (non-hydrogen) atoms. The second kappa shape index (κ2) is 8.67. The third kappa shape index (κ3) is 3.73. The van der Waals surface area contributed by atoms with E-state index < -0.39 is 12.1 Å². The Kier molecular flexibility index (Phi) is 5.57. The van der Waals surface area contributed by atoms with Crippen LogP contribution in [0.1, 0.15) is 57.7 Å². The summed E-state index contributed by atoms with van der Waals surface area (Å²) in [5, 5.41) is 0.529. The number of thiophene rings is 1. The van der Waals surface area contributed by atoms with Gasteiger partial charge in [-0.2, -0.15) is 0 Å². The molecule has 0 bridgehead atoms. The van der Waals surface area contributed by atoms with Gasteiger partial charge in [0.2, 0.25) is 0 Å². The van der Waals surface area contributed by atoms with Crippen molar-refractivity contribution in [3.05, 3.63) is 92.6 Å². The first-order valence-electron chi connectivity index (χ1n) is 10.8. The molecule has 5 rings (SSSR count). The van der Waals surface area contributed by atoms with Crippen LogP contribution in [0.15, 0.2) is 59.5 Å². The number of aromatic nitrogens is 3. The Labute approximate surface area is 189 Å². The summed E-state index contributed by atoms with van der Waals surface area (Å²) in [5.41, 5.74) is 2.07. The van der Waals surface area contributed by atoms with Gasteiger partial charge in [-0.25, -0.2) is 9.78 Å². The Balaban J connectivity index is 1.55. The summed E-state index contributed by atoms with van der Waals surface area (Å²) in [6.07, 6.45) is 4.93. The van der Waals surface area contributed by atoms with Gasteiger partial charge < -0.3 is 4.74 Å². The second-order valence-corrected chi connectivity index (χ2v) is 8.98. The van der Waals surface area contributed by atoms with Gasteiger partial charge in [0.25, 0.3) is 5.56 Å². The summed E-state index contributed by atoms with van der Waals surface area (Å²) in [6, 6.07) is 15.1. The molecule has 0 saturated carbocycles. The summed E-state index contributed by atoms with van der Waals surface area (Å²) in [6.45, 7) is 2.49. The predicted molar refractivity (Wildman–Crippen MR) is 124 cm³/mol. The van der Waals surface area contributed by atoms with Crippen molar-refractivity contribution in [3.63, 3.8) is 0 Å². The molecule has 1 aliphatic heterocycles. The van der Waals surface area contributed by atoms with E-state index >= 15 is 0 Å². The third-order valence-corrected chi connectivity index (χ3v) is 7.05. The van der Waals surface area contributed by atoms with Gasteiger partial charge in [-0.3, -0.25) is 14.3 Å². The van der Waals surface area contributed by atoms with Gasteiger partial charge in [0.1, 0.15) is 15.5 Å². The highest BCUT2D eigenvalue weighted by Gasteiger charge is 2.26. The van der Waals surface area contributed by atoms with Crippen LogP contribution in [0.5, 0.6) is 0 Å². The minimum absolute atomic E-state index is 0.0518. The normalized spacial score (nSPS) is 14.5. The van der Waals surface area contributed by atoms with Crippen LogP contribution in [0, 0.1) is 6.92 Å². The maximum absolute atomic E-state index is 13.3. The molecule has 4 aromatic rings. The molecule has 162 valence electrons. The molecular weight excluding hydrogens is 422 g/mol. The molecule has 1 unspecified atom stereocenters. The zero-order chi connectivity index (χ0) is 22.1. The summed E-state index contributed by atoms with van der Waals surface area (Å²) >= 11 is 1.24. The van der Waals surface area contributed by atoms with Gasteiger partial charge >= 0.3 is 5.97 Å². The number of esters is 1. The van der Waals surface area contributed by atoms with Gasteiger partial charge in [0.05, 0.1) is 11.1 Å². The highest BCUT2D eigenvalue weighted by molar-refractivity contribution is 7.20. The number of rotatable bonds is 4. The largest absolute Gasteiger partial charge is 0.447 e. The van der Waals surface area contributed by atoms with Crippen molar-refractivity contribution in [3.8, 4) is 0 Å². The van der Waals surface area contributed by atoms with E-state index in [2.05, 4.69) is 4.98 Å². The van der Waals surface area contributed by atoms with Crippen LogP contribution < -0.4 is 5.56 Å². The lowest BCUT2D eigenvalue weighted by Crippen LogP contribution is -2.24. The van der Waals surface area contributed by atoms with Crippen molar-refractivity contribution in [2.75, 3.05) is 0 Å². The minimum Gasteiger partial charge on any atom is -0.447 e. The molecule has 1 atom stereocenters. The summed E-state index contributed by atoms with van der Waals surface area (Å²) in [4.78, 5) is 36.7. The number of ether oxygens (including phenoxy) is 1. The minimum atomic E-state index is -0.639. The number of hydrogen-bond acceptors (Lipinski definition) is 6. The van der Waals surface area contributed by atoms with E-state index in [0.29, 0.717) is 32.9 Å². The van der Waals surface area contributed by atoms with Crippen molar-refractivity contribution in [1.82, 2.24) is 14.5 Å². The maximum atomic E-state index is 13.3.